The summed E-state index contributed by atoms with van der Waals surface area (Å²) in [7, 11) is 0. The predicted octanol–water partition coefficient (Wildman–Crippen LogP) is 5.33. The lowest BCUT2D eigenvalue weighted by molar-refractivity contribution is -0.142. The third-order valence-corrected chi connectivity index (χ3v) is 3.99. The second-order valence-corrected chi connectivity index (χ2v) is 7.40. The highest BCUT2D eigenvalue weighted by molar-refractivity contribution is 6.07. The number of benzene rings is 2. The Balaban J connectivity index is 2.18. The normalized spacial score (nSPS) is 11.3. The standard InChI is InChI=1S/C24H28O5/c1-6-27-21-9-8-10-22(28-7-2)19(21)15-16-20(25)17-11-13-18(14-12-17)29-23(26)24(3,4)5/h8-16H,6-7H2,1-5H3. The van der Waals surface area contributed by atoms with Crippen LogP contribution in [0.4, 0.5) is 0 Å². The number of allylic oxidation sites excluding steroid dienone is 1. The first-order valence-electron chi connectivity index (χ1n) is 9.69. The number of ether oxygens (including phenoxy) is 3. The fourth-order valence-electron chi connectivity index (χ4n) is 2.45. The zero-order valence-electron chi connectivity index (χ0n) is 17.7. The molecule has 2 aromatic rings. The molecule has 0 saturated heterocycles. The van der Waals surface area contributed by atoms with Crippen LogP contribution in [0.5, 0.6) is 17.2 Å². The van der Waals surface area contributed by atoms with E-state index in [-0.39, 0.29) is 11.8 Å². The van der Waals surface area contributed by atoms with E-state index in [1.807, 2.05) is 32.0 Å². The average molecular weight is 396 g/mol. The molecule has 0 saturated carbocycles. The summed E-state index contributed by atoms with van der Waals surface area (Å²) in [6, 6.07) is 12.0. The SMILES string of the molecule is CCOc1cccc(OCC)c1C=CC(=O)c1ccc(OC(=O)C(C)(C)C)cc1. The minimum absolute atomic E-state index is 0.174. The molecule has 5 heteroatoms. The summed E-state index contributed by atoms with van der Waals surface area (Å²) in [5, 5.41) is 0. The van der Waals surface area contributed by atoms with E-state index in [1.54, 1.807) is 51.1 Å². The van der Waals surface area contributed by atoms with Crippen molar-refractivity contribution >= 4 is 17.8 Å². The van der Waals surface area contributed by atoms with Crippen LogP contribution in [0.15, 0.2) is 48.5 Å². The molecule has 0 aromatic heterocycles. The van der Waals surface area contributed by atoms with E-state index < -0.39 is 5.41 Å². The number of hydrogen-bond acceptors (Lipinski definition) is 5. The predicted molar refractivity (Wildman–Crippen MR) is 114 cm³/mol. The molecule has 0 unspecified atom stereocenters. The maximum absolute atomic E-state index is 12.6. The quantitative estimate of drug-likeness (QED) is 0.261. The number of ketones is 1. The molecule has 0 amide bonds. The molecular formula is C24H28O5. The van der Waals surface area contributed by atoms with Gasteiger partial charge in [0.05, 0.1) is 24.2 Å². The van der Waals surface area contributed by atoms with Gasteiger partial charge in [0, 0.05) is 5.56 Å². The fourth-order valence-corrected chi connectivity index (χ4v) is 2.45. The van der Waals surface area contributed by atoms with Gasteiger partial charge in [-0.25, -0.2) is 0 Å². The van der Waals surface area contributed by atoms with Crippen LogP contribution in [-0.2, 0) is 4.79 Å². The minimum Gasteiger partial charge on any atom is -0.493 e. The van der Waals surface area contributed by atoms with Crippen molar-refractivity contribution in [2.45, 2.75) is 34.6 Å². The summed E-state index contributed by atoms with van der Waals surface area (Å²) in [6.07, 6.45) is 3.18. The van der Waals surface area contributed by atoms with Crippen LogP contribution in [0.3, 0.4) is 0 Å². The van der Waals surface area contributed by atoms with Crippen molar-refractivity contribution in [2.24, 2.45) is 5.41 Å². The molecular weight excluding hydrogens is 368 g/mol. The van der Waals surface area contributed by atoms with Crippen LogP contribution >= 0.6 is 0 Å². The molecule has 0 fully saturated rings. The van der Waals surface area contributed by atoms with E-state index in [0.717, 1.165) is 5.56 Å². The summed E-state index contributed by atoms with van der Waals surface area (Å²) in [6.45, 7) is 10.2. The van der Waals surface area contributed by atoms with Crippen LogP contribution < -0.4 is 14.2 Å². The molecule has 2 rings (SSSR count). The Hall–Kier alpha value is -3.08. The van der Waals surface area contributed by atoms with E-state index in [4.69, 9.17) is 14.2 Å². The molecule has 0 aliphatic rings. The van der Waals surface area contributed by atoms with Crippen molar-refractivity contribution in [2.75, 3.05) is 13.2 Å². The number of carbonyl (C=O) groups is 2. The lowest BCUT2D eigenvalue weighted by Gasteiger charge is -2.16. The van der Waals surface area contributed by atoms with Crippen molar-refractivity contribution in [3.8, 4) is 17.2 Å². The number of carbonyl (C=O) groups excluding carboxylic acids is 2. The van der Waals surface area contributed by atoms with E-state index in [0.29, 0.717) is 36.0 Å². The van der Waals surface area contributed by atoms with Gasteiger partial charge in [-0.2, -0.15) is 0 Å². The number of hydrogen-bond donors (Lipinski definition) is 0. The van der Waals surface area contributed by atoms with Gasteiger partial charge in [0.25, 0.3) is 0 Å². The van der Waals surface area contributed by atoms with Crippen molar-refractivity contribution < 1.29 is 23.8 Å². The van der Waals surface area contributed by atoms with E-state index in [2.05, 4.69) is 0 Å². The van der Waals surface area contributed by atoms with Gasteiger partial charge in [-0.15, -0.1) is 0 Å². The Morgan fingerprint density at radius 2 is 1.45 bits per heavy atom. The zero-order valence-corrected chi connectivity index (χ0v) is 17.7. The van der Waals surface area contributed by atoms with Gasteiger partial charge in [-0.05, 0) is 83.2 Å². The van der Waals surface area contributed by atoms with Gasteiger partial charge in [0.15, 0.2) is 5.78 Å². The summed E-state index contributed by atoms with van der Waals surface area (Å²) >= 11 is 0. The Bertz CT molecular complexity index is 849. The molecule has 0 heterocycles. The highest BCUT2D eigenvalue weighted by Gasteiger charge is 2.23. The van der Waals surface area contributed by atoms with Crippen LogP contribution in [0.1, 0.15) is 50.5 Å². The van der Waals surface area contributed by atoms with Crippen molar-refractivity contribution in [3.05, 3.63) is 59.7 Å². The molecule has 154 valence electrons. The summed E-state index contributed by atoms with van der Waals surface area (Å²) in [5.74, 6) is 1.23. The van der Waals surface area contributed by atoms with Crippen LogP contribution in [0.2, 0.25) is 0 Å². The first kappa shape index (κ1) is 22.2. The second kappa shape index (κ2) is 9.92. The second-order valence-electron chi connectivity index (χ2n) is 7.40. The van der Waals surface area contributed by atoms with Crippen LogP contribution in [0.25, 0.3) is 6.08 Å². The monoisotopic (exact) mass is 396 g/mol. The molecule has 0 N–H and O–H groups in total. The number of esters is 1. The van der Waals surface area contributed by atoms with Crippen LogP contribution in [-0.4, -0.2) is 25.0 Å². The molecule has 2 aromatic carbocycles. The molecule has 0 atom stereocenters. The molecule has 0 aliphatic heterocycles. The third kappa shape index (κ3) is 6.21. The summed E-state index contributed by atoms with van der Waals surface area (Å²) in [5.41, 5.74) is 0.618. The maximum Gasteiger partial charge on any atom is 0.316 e. The smallest absolute Gasteiger partial charge is 0.316 e. The molecule has 0 radical (unpaired) electrons. The number of rotatable bonds is 8. The first-order valence-corrected chi connectivity index (χ1v) is 9.69. The maximum atomic E-state index is 12.6. The highest BCUT2D eigenvalue weighted by atomic mass is 16.5. The Kier molecular flexibility index (Phi) is 7.59. The summed E-state index contributed by atoms with van der Waals surface area (Å²) in [4.78, 5) is 24.5. The first-order chi connectivity index (χ1) is 13.8. The summed E-state index contributed by atoms with van der Waals surface area (Å²) < 4.78 is 16.6. The lowest BCUT2D eigenvalue weighted by Crippen LogP contribution is -2.25. The minimum atomic E-state index is -0.594. The molecule has 5 nitrogen and oxygen atoms in total. The molecule has 0 spiro atoms. The van der Waals surface area contributed by atoms with E-state index in [1.165, 1.54) is 6.08 Å². The van der Waals surface area contributed by atoms with Gasteiger partial charge >= 0.3 is 5.97 Å². The van der Waals surface area contributed by atoms with E-state index in [9.17, 15) is 9.59 Å². The fraction of sp³-hybridized carbons (Fsp3) is 0.333. The average Bonchev–Trinajstić information content (AvgIpc) is 2.67. The van der Waals surface area contributed by atoms with Gasteiger partial charge < -0.3 is 14.2 Å². The van der Waals surface area contributed by atoms with Crippen molar-refractivity contribution in [1.82, 2.24) is 0 Å². The van der Waals surface area contributed by atoms with Gasteiger partial charge in [0.2, 0.25) is 0 Å². The Morgan fingerprint density at radius 3 is 1.93 bits per heavy atom. The van der Waals surface area contributed by atoms with Gasteiger partial charge in [-0.3, -0.25) is 9.59 Å². The Morgan fingerprint density at radius 1 is 0.897 bits per heavy atom. The lowest BCUT2D eigenvalue weighted by atomic mass is 9.97. The van der Waals surface area contributed by atoms with E-state index >= 15 is 0 Å². The highest BCUT2D eigenvalue weighted by Crippen LogP contribution is 2.30. The molecule has 0 aliphatic carbocycles. The van der Waals surface area contributed by atoms with Gasteiger partial charge in [0.1, 0.15) is 17.2 Å². The molecule has 29 heavy (non-hydrogen) atoms. The van der Waals surface area contributed by atoms with Crippen LogP contribution in [0, 0.1) is 5.41 Å². The third-order valence-electron chi connectivity index (χ3n) is 3.99. The van der Waals surface area contributed by atoms with Crippen molar-refractivity contribution in [3.63, 3.8) is 0 Å². The van der Waals surface area contributed by atoms with Crippen molar-refractivity contribution in [1.29, 1.82) is 0 Å². The largest absolute Gasteiger partial charge is 0.493 e. The Labute approximate surface area is 172 Å². The topological polar surface area (TPSA) is 61.8 Å². The van der Waals surface area contributed by atoms with Gasteiger partial charge in [-0.1, -0.05) is 6.07 Å². The molecule has 0 bridgehead atoms. The zero-order chi connectivity index (χ0) is 21.4.